The van der Waals surface area contributed by atoms with Gasteiger partial charge in [0.2, 0.25) is 0 Å². The number of rotatable bonds is 5. The molecule has 2 rings (SSSR count). The summed E-state index contributed by atoms with van der Waals surface area (Å²) >= 11 is 0. The number of methoxy groups -OCH3 is 1. The summed E-state index contributed by atoms with van der Waals surface area (Å²) in [6.07, 6.45) is 4.23. The summed E-state index contributed by atoms with van der Waals surface area (Å²) in [5.41, 5.74) is 7.41. The highest BCUT2D eigenvalue weighted by molar-refractivity contribution is 5.98. The number of nitrogen functional groups attached to an aromatic ring is 1. The lowest BCUT2D eigenvalue weighted by molar-refractivity contribution is 0.0507. The van der Waals surface area contributed by atoms with Crippen LogP contribution in [0.5, 0.6) is 5.75 Å². The quantitative estimate of drug-likeness (QED) is 0.659. The standard InChI is InChI=1S/C14H17N3O3/c1-17-9-10(8-16-17)6-7-20-14(18)13-11(15)4-3-5-12(13)19-2/h3-5,8-9H,6-7,15H2,1-2H3. The summed E-state index contributed by atoms with van der Waals surface area (Å²) in [6.45, 7) is 0.266. The maximum Gasteiger partial charge on any atom is 0.344 e. The van der Waals surface area contributed by atoms with Gasteiger partial charge < -0.3 is 15.2 Å². The predicted molar refractivity (Wildman–Crippen MR) is 74.6 cm³/mol. The van der Waals surface area contributed by atoms with Crippen molar-refractivity contribution in [3.63, 3.8) is 0 Å². The Kier molecular flexibility index (Phi) is 4.24. The van der Waals surface area contributed by atoms with Gasteiger partial charge in [-0.15, -0.1) is 0 Å². The molecule has 0 unspecified atom stereocenters. The lowest BCUT2D eigenvalue weighted by Gasteiger charge is -2.10. The Balaban J connectivity index is 1.98. The number of hydrogen-bond acceptors (Lipinski definition) is 5. The van der Waals surface area contributed by atoms with Crippen molar-refractivity contribution >= 4 is 11.7 Å². The molecule has 0 saturated heterocycles. The van der Waals surface area contributed by atoms with E-state index < -0.39 is 5.97 Å². The van der Waals surface area contributed by atoms with Crippen LogP contribution < -0.4 is 10.5 Å². The van der Waals surface area contributed by atoms with Crippen LogP contribution in [0, 0.1) is 0 Å². The second kappa shape index (κ2) is 6.10. The Hall–Kier alpha value is -2.50. The Labute approximate surface area is 117 Å². The van der Waals surface area contributed by atoms with E-state index in [1.807, 2.05) is 13.2 Å². The molecule has 2 N–H and O–H groups in total. The first-order chi connectivity index (χ1) is 9.61. The summed E-state index contributed by atoms with van der Waals surface area (Å²) in [4.78, 5) is 12.0. The van der Waals surface area contributed by atoms with E-state index in [2.05, 4.69) is 5.10 Å². The number of carbonyl (C=O) groups excluding carboxylic acids is 1. The lowest BCUT2D eigenvalue weighted by Crippen LogP contribution is -2.12. The molecule has 106 valence electrons. The fraction of sp³-hybridized carbons (Fsp3) is 0.286. The molecule has 1 aromatic carbocycles. The zero-order valence-electron chi connectivity index (χ0n) is 11.5. The van der Waals surface area contributed by atoms with Gasteiger partial charge in [0.05, 0.1) is 19.9 Å². The molecule has 2 aromatic rings. The van der Waals surface area contributed by atoms with Gasteiger partial charge in [-0.25, -0.2) is 4.79 Å². The second-order valence-corrected chi connectivity index (χ2v) is 4.33. The number of anilines is 1. The number of ether oxygens (including phenoxy) is 2. The fourth-order valence-corrected chi connectivity index (χ4v) is 1.87. The van der Waals surface area contributed by atoms with Crippen LogP contribution in [0.4, 0.5) is 5.69 Å². The minimum Gasteiger partial charge on any atom is -0.496 e. The van der Waals surface area contributed by atoms with Gasteiger partial charge in [-0.05, 0) is 17.7 Å². The SMILES string of the molecule is COc1cccc(N)c1C(=O)OCCc1cnn(C)c1. The van der Waals surface area contributed by atoms with E-state index in [4.69, 9.17) is 15.2 Å². The highest BCUT2D eigenvalue weighted by Gasteiger charge is 2.17. The molecule has 1 aromatic heterocycles. The van der Waals surface area contributed by atoms with Crippen molar-refractivity contribution in [2.45, 2.75) is 6.42 Å². The number of nitrogens with two attached hydrogens (primary N) is 1. The number of esters is 1. The van der Waals surface area contributed by atoms with Crippen LogP contribution in [0.15, 0.2) is 30.6 Å². The molecule has 0 spiro atoms. The maximum absolute atomic E-state index is 12.0. The van der Waals surface area contributed by atoms with Crippen LogP contribution in [0.25, 0.3) is 0 Å². The Morgan fingerprint density at radius 2 is 2.25 bits per heavy atom. The molecule has 0 bridgehead atoms. The summed E-state index contributed by atoms with van der Waals surface area (Å²) in [7, 11) is 3.33. The Morgan fingerprint density at radius 3 is 2.90 bits per heavy atom. The molecule has 6 nitrogen and oxygen atoms in total. The van der Waals surface area contributed by atoms with E-state index in [0.717, 1.165) is 5.56 Å². The second-order valence-electron chi connectivity index (χ2n) is 4.33. The first kappa shape index (κ1) is 13.9. The van der Waals surface area contributed by atoms with Crippen LogP contribution >= 0.6 is 0 Å². The topological polar surface area (TPSA) is 79.4 Å². The van der Waals surface area contributed by atoms with Gasteiger partial charge in [0.15, 0.2) is 0 Å². The van der Waals surface area contributed by atoms with Crippen molar-refractivity contribution in [3.05, 3.63) is 41.7 Å². The molecule has 20 heavy (non-hydrogen) atoms. The zero-order chi connectivity index (χ0) is 14.5. The van der Waals surface area contributed by atoms with E-state index in [0.29, 0.717) is 17.9 Å². The Morgan fingerprint density at radius 1 is 1.45 bits per heavy atom. The third-order valence-corrected chi connectivity index (χ3v) is 2.86. The van der Waals surface area contributed by atoms with E-state index in [9.17, 15) is 4.79 Å². The van der Waals surface area contributed by atoms with Crippen LogP contribution in [-0.4, -0.2) is 29.5 Å². The minimum atomic E-state index is -0.483. The van der Waals surface area contributed by atoms with Crippen molar-refractivity contribution in [3.8, 4) is 5.75 Å². The van der Waals surface area contributed by atoms with Gasteiger partial charge in [-0.2, -0.15) is 5.10 Å². The summed E-state index contributed by atoms with van der Waals surface area (Å²) in [5, 5.41) is 4.05. The van der Waals surface area contributed by atoms with Crippen molar-refractivity contribution in [1.82, 2.24) is 9.78 Å². The zero-order valence-corrected chi connectivity index (χ0v) is 11.5. The average molecular weight is 275 g/mol. The van der Waals surface area contributed by atoms with Crippen molar-refractivity contribution in [2.24, 2.45) is 7.05 Å². The first-order valence-electron chi connectivity index (χ1n) is 6.19. The highest BCUT2D eigenvalue weighted by atomic mass is 16.5. The van der Waals surface area contributed by atoms with Gasteiger partial charge in [0.1, 0.15) is 11.3 Å². The molecule has 0 atom stereocenters. The summed E-state index contributed by atoms with van der Waals surface area (Å²) in [5.74, 6) is -0.0692. The molecule has 0 aliphatic heterocycles. The molecule has 0 saturated carbocycles. The summed E-state index contributed by atoms with van der Waals surface area (Å²) in [6, 6.07) is 5.04. The number of nitrogens with zero attached hydrogens (tertiary/aromatic N) is 2. The normalized spacial score (nSPS) is 10.3. The molecular weight excluding hydrogens is 258 g/mol. The molecule has 0 fully saturated rings. The monoisotopic (exact) mass is 275 g/mol. The number of carbonyl (C=O) groups is 1. The van der Waals surface area contributed by atoms with Gasteiger partial charge >= 0.3 is 5.97 Å². The third kappa shape index (κ3) is 3.09. The smallest absolute Gasteiger partial charge is 0.344 e. The van der Waals surface area contributed by atoms with E-state index in [1.54, 1.807) is 29.1 Å². The van der Waals surface area contributed by atoms with Crippen molar-refractivity contribution in [2.75, 3.05) is 19.5 Å². The molecule has 0 aliphatic carbocycles. The minimum absolute atomic E-state index is 0.265. The molecule has 0 radical (unpaired) electrons. The first-order valence-corrected chi connectivity index (χ1v) is 6.19. The largest absolute Gasteiger partial charge is 0.496 e. The molecule has 1 heterocycles. The predicted octanol–water partition coefficient (Wildman–Crippen LogP) is 1.41. The third-order valence-electron chi connectivity index (χ3n) is 2.86. The molecule has 0 aliphatic rings. The lowest BCUT2D eigenvalue weighted by atomic mass is 10.1. The van der Waals surface area contributed by atoms with Crippen LogP contribution in [0.2, 0.25) is 0 Å². The molecule has 0 amide bonds. The van der Waals surface area contributed by atoms with Gasteiger partial charge in [-0.1, -0.05) is 6.07 Å². The molecular formula is C14H17N3O3. The highest BCUT2D eigenvalue weighted by Crippen LogP contribution is 2.24. The number of benzene rings is 1. The van der Waals surface area contributed by atoms with Gasteiger partial charge in [0, 0.05) is 25.4 Å². The van der Waals surface area contributed by atoms with Crippen molar-refractivity contribution < 1.29 is 14.3 Å². The van der Waals surface area contributed by atoms with Crippen LogP contribution in [-0.2, 0) is 18.2 Å². The number of aryl methyl sites for hydroxylation is 1. The number of aromatic nitrogens is 2. The van der Waals surface area contributed by atoms with E-state index in [-0.39, 0.29) is 12.2 Å². The number of hydrogen-bond donors (Lipinski definition) is 1. The van der Waals surface area contributed by atoms with Crippen LogP contribution in [0.3, 0.4) is 0 Å². The van der Waals surface area contributed by atoms with E-state index in [1.165, 1.54) is 7.11 Å². The Bertz CT molecular complexity index is 607. The summed E-state index contributed by atoms with van der Waals surface area (Å²) < 4.78 is 12.1. The van der Waals surface area contributed by atoms with Gasteiger partial charge in [-0.3, -0.25) is 4.68 Å². The van der Waals surface area contributed by atoms with Crippen molar-refractivity contribution in [1.29, 1.82) is 0 Å². The maximum atomic E-state index is 12.0. The fourth-order valence-electron chi connectivity index (χ4n) is 1.87. The van der Waals surface area contributed by atoms with E-state index >= 15 is 0 Å². The molecule has 6 heteroatoms. The van der Waals surface area contributed by atoms with Crippen LogP contribution in [0.1, 0.15) is 15.9 Å². The average Bonchev–Trinajstić information content (AvgIpc) is 2.83. The van der Waals surface area contributed by atoms with Gasteiger partial charge in [0.25, 0.3) is 0 Å².